The summed E-state index contributed by atoms with van der Waals surface area (Å²) in [6.07, 6.45) is 1.90. The van der Waals surface area contributed by atoms with Crippen LogP contribution in [0.15, 0.2) is 10.5 Å². The molecule has 0 fully saturated rings. The molecule has 2 aromatic heterocycles. The van der Waals surface area contributed by atoms with E-state index in [0.717, 1.165) is 15.0 Å². The Morgan fingerprint density at radius 2 is 2.54 bits per heavy atom. The number of thioether (sulfide) groups is 1. The summed E-state index contributed by atoms with van der Waals surface area (Å²) in [5.41, 5.74) is 0.984. The maximum atomic E-state index is 8.63. The van der Waals surface area contributed by atoms with Gasteiger partial charge in [0, 0.05) is 5.75 Å². The molecule has 13 heavy (non-hydrogen) atoms. The van der Waals surface area contributed by atoms with Crippen molar-refractivity contribution in [2.45, 2.75) is 11.3 Å². The number of hydrogen-bond acceptors (Lipinski definition) is 5. The maximum absolute atomic E-state index is 8.63. The van der Waals surface area contributed by atoms with Crippen molar-refractivity contribution in [2.75, 3.05) is 12.4 Å². The number of aryl methyl sites for hydroxylation is 1. The molecule has 2 heterocycles. The summed E-state index contributed by atoms with van der Waals surface area (Å²) in [7, 11) is 0. The number of fused-ring (bicyclic) bond motifs is 1. The summed E-state index contributed by atoms with van der Waals surface area (Å²) in [6.45, 7) is 2.13. The molecule has 0 aliphatic carbocycles. The molecular weight excluding hydrogens is 206 g/mol. The monoisotopic (exact) mass is 215 g/mol. The Morgan fingerprint density at radius 3 is 3.23 bits per heavy atom. The molecule has 2 aromatic rings. The third kappa shape index (κ3) is 1.84. The van der Waals surface area contributed by atoms with Gasteiger partial charge in [-0.15, -0.1) is 5.10 Å². The highest BCUT2D eigenvalue weighted by Gasteiger charge is 2.05. The van der Waals surface area contributed by atoms with E-state index in [9.17, 15) is 0 Å². The first-order valence-corrected chi connectivity index (χ1v) is 5.66. The Kier molecular flexibility index (Phi) is 2.52. The molecular formula is C7H9N3OS2. The molecule has 2 rings (SSSR count). The van der Waals surface area contributed by atoms with Crippen LogP contribution in [-0.2, 0) is 0 Å². The Morgan fingerprint density at radius 1 is 1.69 bits per heavy atom. The SMILES string of the molecule is Cc1cn2nc(SCCO)sc2n1. The van der Waals surface area contributed by atoms with Gasteiger partial charge in [-0.2, -0.15) is 0 Å². The maximum Gasteiger partial charge on any atom is 0.213 e. The van der Waals surface area contributed by atoms with Crippen LogP contribution in [0.3, 0.4) is 0 Å². The minimum Gasteiger partial charge on any atom is -0.396 e. The predicted molar refractivity (Wildman–Crippen MR) is 53.4 cm³/mol. The van der Waals surface area contributed by atoms with E-state index in [1.54, 1.807) is 27.6 Å². The van der Waals surface area contributed by atoms with Crippen LogP contribution >= 0.6 is 23.1 Å². The summed E-state index contributed by atoms with van der Waals surface area (Å²) in [6, 6.07) is 0. The normalized spacial score (nSPS) is 11.2. The minimum absolute atomic E-state index is 0.186. The molecule has 0 spiro atoms. The molecule has 0 aliphatic heterocycles. The summed E-state index contributed by atoms with van der Waals surface area (Å²) in [5.74, 6) is 0.690. The van der Waals surface area contributed by atoms with Crippen LogP contribution in [0.1, 0.15) is 5.69 Å². The average molecular weight is 215 g/mol. The summed E-state index contributed by atoms with van der Waals surface area (Å²) < 4.78 is 2.73. The fourth-order valence-corrected chi connectivity index (χ4v) is 2.76. The van der Waals surface area contributed by atoms with Crippen molar-refractivity contribution < 1.29 is 5.11 Å². The summed E-state index contributed by atoms with van der Waals surface area (Å²) in [5, 5.41) is 12.9. The van der Waals surface area contributed by atoms with E-state index in [2.05, 4.69) is 10.1 Å². The minimum atomic E-state index is 0.186. The molecule has 70 valence electrons. The second-order valence-electron chi connectivity index (χ2n) is 2.55. The average Bonchev–Trinajstić information content (AvgIpc) is 2.57. The number of aromatic nitrogens is 3. The molecule has 0 saturated heterocycles. The van der Waals surface area contributed by atoms with Crippen molar-refractivity contribution in [3.63, 3.8) is 0 Å². The zero-order valence-corrected chi connectivity index (χ0v) is 8.73. The van der Waals surface area contributed by atoms with Crippen LogP contribution in [0.2, 0.25) is 0 Å². The number of aliphatic hydroxyl groups excluding tert-OH is 1. The highest BCUT2D eigenvalue weighted by atomic mass is 32.2. The van der Waals surface area contributed by atoms with Crippen LogP contribution in [0.25, 0.3) is 4.96 Å². The van der Waals surface area contributed by atoms with Crippen LogP contribution < -0.4 is 0 Å². The molecule has 4 nitrogen and oxygen atoms in total. The van der Waals surface area contributed by atoms with Gasteiger partial charge in [-0.3, -0.25) is 0 Å². The molecule has 6 heteroatoms. The fourth-order valence-electron chi connectivity index (χ4n) is 0.982. The van der Waals surface area contributed by atoms with E-state index in [0.29, 0.717) is 5.75 Å². The van der Waals surface area contributed by atoms with E-state index < -0.39 is 0 Å². The first-order chi connectivity index (χ1) is 6.29. The van der Waals surface area contributed by atoms with Gasteiger partial charge >= 0.3 is 0 Å². The molecule has 1 N–H and O–H groups in total. The van der Waals surface area contributed by atoms with Gasteiger partial charge in [0.25, 0.3) is 0 Å². The van der Waals surface area contributed by atoms with E-state index in [4.69, 9.17) is 5.11 Å². The van der Waals surface area contributed by atoms with Crippen molar-refractivity contribution in [3.05, 3.63) is 11.9 Å². The van der Waals surface area contributed by atoms with Gasteiger partial charge in [0.1, 0.15) is 0 Å². The van der Waals surface area contributed by atoms with Crippen LogP contribution in [0.5, 0.6) is 0 Å². The fraction of sp³-hybridized carbons (Fsp3) is 0.429. The van der Waals surface area contributed by atoms with Gasteiger partial charge in [0.15, 0.2) is 4.34 Å². The van der Waals surface area contributed by atoms with E-state index in [-0.39, 0.29) is 6.61 Å². The molecule has 0 aliphatic rings. The number of hydrogen-bond donors (Lipinski definition) is 1. The van der Waals surface area contributed by atoms with Crippen molar-refractivity contribution in [3.8, 4) is 0 Å². The molecule has 0 atom stereocenters. The van der Waals surface area contributed by atoms with Gasteiger partial charge in [0.05, 0.1) is 18.5 Å². The first-order valence-electron chi connectivity index (χ1n) is 3.86. The molecule has 0 bridgehead atoms. The Bertz CT molecular complexity index is 377. The third-order valence-electron chi connectivity index (χ3n) is 1.46. The lowest BCUT2D eigenvalue weighted by molar-refractivity contribution is 0.322. The van der Waals surface area contributed by atoms with Crippen molar-refractivity contribution in [1.82, 2.24) is 14.6 Å². The smallest absolute Gasteiger partial charge is 0.213 e. The van der Waals surface area contributed by atoms with Crippen molar-refractivity contribution >= 4 is 28.1 Å². The Balaban J connectivity index is 2.24. The summed E-state index contributed by atoms with van der Waals surface area (Å²) in [4.78, 5) is 5.20. The Hall–Kier alpha value is -0.590. The number of nitrogens with zero attached hydrogens (tertiary/aromatic N) is 3. The lowest BCUT2D eigenvalue weighted by Gasteiger charge is -1.88. The zero-order chi connectivity index (χ0) is 9.26. The number of rotatable bonds is 3. The quantitative estimate of drug-likeness (QED) is 0.781. The molecule has 0 aromatic carbocycles. The largest absolute Gasteiger partial charge is 0.396 e. The van der Waals surface area contributed by atoms with Crippen LogP contribution in [0.4, 0.5) is 0 Å². The van der Waals surface area contributed by atoms with Gasteiger partial charge < -0.3 is 5.11 Å². The number of aliphatic hydroxyl groups is 1. The van der Waals surface area contributed by atoms with E-state index >= 15 is 0 Å². The van der Waals surface area contributed by atoms with Gasteiger partial charge in [0.2, 0.25) is 4.96 Å². The van der Waals surface area contributed by atoms with Gasteiger partial charge in [-0.1, -0.05) is 23.1 Å². The van der Waals surface area contributed by atoms with Crippen LogP contribution in [0, 0.1) is 6.92 Å². The van der Waals surface area contributed by atoms with Crippen molar-refractivity contribution in [1.29, 1.82) is 0 Å². The predicted octanol–water partition coefficient (Wildman–Crippen LogP) is 1.18. The lowest BCUT2D eigenvalue weighted by Crippen LogP contribution is -1.86. The third-order valence-corrected chi connectivity index (χ3v) is 3.50. The second kappa shape index (κ2) is 3.65. The number of imidazole rings is 1. The molecule has 0 saturated carbocycles. The van der Waals surface area contributed by atoms with Gasteiger partial charge in [-0.05, 0) is 6.92 Å². The molecule has 0 amide bonds. The van der Waals surface area contributed by atoms with Crippen molar-refractivity contribution in [2.24, 2.45) is 0 Å². The van der Waals surface area contributed by atoms with E-state index in [1.165, 1.54) is 0 Å². The zero-order valence-electron chi connectivity index (χ0n) is 7.10. The summed E-state index contributed by atoms with van der Waals surface area (Å²) >= 11 is 3.10. The highest BCUT2D eigenvalue weighted by Crippen LogP contribution is 2.23. The highest BCUT2D eigenvalue weighted by molar-refractivity contribution is 8.01. The molecule has 0 unspecified atom stereocenters. The van der Waals surface area contributed by atoms with Crippen LogP contribution in [-0.4, -0.2) is 32.1 Å². The van der Waals surface area contributed by atoms with E-state index in [1.807, 2.05) is 13.1 Å². The Labute approximate surface area is 83.6 Å². The topological polar surface area (TPSA) is 50.4 Å². The lowest BCUT2D eigenvalue weighted by atomic mass is 10.6. The first kappa shape index (κ1) is 8.98. The van der Waals surface area contributed by atoms with Gasteiger partial charge in [-0.25, -0.2) is 9.50 Å². The second-order valence-corrected chi connectivity index (χ2v) is 4.85. The molecule has 0 radical (unpaired) electrons. The standard InChI is InChI=1S/C7H9N3OS2/c1-5-4-10-6(8-5)13-7(9-10)12-3-2-11/h4,11H,2-3H2,1H3.